The normalized spacial score (nSPS) is 14.3. The summed E-state index contributed by atoms with van der Waals surface area (Å²) in [6.07, 6.45) is 0. The van der Waals surface area contributed by atoms with Gasteiger partial charge in [-0.1, -0.05) is 28.9 Å². The lowest BCUT2D eigenvalue weighted by Crippen LogP contribution is -2.34. The number of nitrogens with one attached hydrogen (secondary N) is 1. The van der Waals surface area contributed by atoms with E-state index >= 15 is 0 Å². The van der Waals surface area contributed by atoms with Crippen LogP contribution in [0.5, 0.6) is 0 Å². The Balaban J connectivity index is 2.80. The summed E-state index contributed by atoms with van der Waals surface area (Å²) < 4.78 is 0.946. The first-order valence-electron chi connectivity index (χ1n) is 5.24. The molecule has 2 atom stereocenters. The van der Waals surface area contributed by atoms with Crippen LogP contribution in [-0.2, 0) is 4.79 Å². The van der Waals surface area contributed by atoms with Gasteiger partial charge in [-0.05, 0) is 31.5 Å². The molecule has 0 heterocycles. The highest BCUT2D eigenvalue weighted by molar-refractivity contribution is 9.10. The molecule has 0 saturated carbocycles. The minimum Gasteiger partial charge on any atom is -0.327 e. The second-order valence-electron chi connectivity index (χ2n) is 4.10. The summed E-state index contributed by atoms with van der Waals surface area (Å²) in [5, 5.41) is 2.88. The molecule has 0 saturated heterocycles. The molecule has 0 fully saturated rings. The lowest BCUT2D eigenvalue weighted by atomic mass is 10.0. The van der Waals surface area contributed by atoms with Crippen molar-refractivity contribution in [3.8, 4) is 0 Å². The third-order valence-corrected chi connectivity index (χ3v) is 3.15. The van der Waals surface area contributed by atoms with Crippen molar-refractivity contribution >= 4 is 27.5 Å². The van der Waals surface area contributed by atoms with E-state index in [-0.39, 0.29) is 17.9 Å². The van der Waals surface area contributed by atoms with Gasteiger partial charge in [-0.3, -0.25) is 4.79 Å². The Hall–Kier alpha value is -0.870. The van der Waals surface area contributed by atoms with Crippen LogP contribution in [0.3, 0.4) is 0 Å². The molecule has 0 radical (unpaired) electrons. The first-order valence-corrected chi connectivity index (χ1v) is 6.03. The molecule has 1 amide bonds. The zero-order chi connectivity index (χ0) is 12.3. The number of nitrogens with two attached hydrogens (primary N) is 1. The number of carbonyl (C=O) groups excluding carboxylic acids is 1. The van der Waals surface area contributed by atoms with Crippen LogP contribution in [0.4, 0.5) is 5.69 Å². The Morgan fingerprint density at radius 1 is 1.44 bits per heavy atom. The lowest BCUT2D eigenvalue weighted by molar-refractivity contribution is -0.119. The molecule has 0 aliphatic rings. The molecule has 2 unspecified atom stereocenters. The number of rotatable bonds is 3. The molecule has 0 aliphatic carbocycles. The van der Waals surface area contributed by atoms with E-state index in [4.69, 9.17) is 5.73 Å². The van der Waals surface area contributed by atoms with Gasteiger partial charge in [0.15, 0.2) is 0 Å². The fourth-order valence-electron chi connectivity index (χ4n) is 1.21. The summed E-state index contributed by atoms with van der Waals surface area (Å²) in [6, 6.07) is 5.64. The maximum absolute atomic E-state index is 11.8. The van der Waals surface area contributed by atoms with Crippen molar-refractivity contribution in [3.63, 3.8) is 0 Å². The standard InChI is InChI=1S/C12H17BrN2O/c1-7-4-5-10(13)6-11(7)15-12(16)8(2)9(3)14/h4-6,8-9H,14H2,1-3H3,(H,15,16). The first-order chi connectivity index (χ1) is 7.41. The van der Waals surface area contributed by atoms with Gasteiger partial charge < -0.3 is 11.1 Å². The molecule has 1 rings (SSSR count). The van der Waals surface area contributed by atoms with Crippen LogP contribution >= 0.6 is 15.9 Å². The molecular formula is C12H17BrN2O. The van der Waals surface area contributed by atoms with Crippen molar-refractivity contribution < 1.29 is 4.79 Å². The van der Waals surface area contributed by atoms with Crippen LogP contribution in [-0.4, -0.2) is 11.9 Å². The summed E-state index contributed by atoms with van der Waals surface area (Å²) in [7, 11) is 0. The van der Waals surface area contributed by atoms with E-state index in [2.05, 4.69) is 21.2 Å². The molecule has 88 valence electrons. The molecule has 1 aromatic carbocycles. The van der Waals surface area contributed by atoms with Crippen LogP contribution in [0.2, 0.25) is 0 Å². The monoisotopic (exact) mass is 284 g/mol. The molecule has 3 nitrogen and oxygen atoms in total. The number of carbonyl (C=O) groups is 1. The van der Waals surface area contributed by atoms with E-state index in [1.54, 1.807) is 0 Å². The summed E-state index contributed by atoms with van der Waals surface area (Å²) in [5.41, 5.74) is 7.55. The second-order valence-corrected chi connectivity index (χ2v) is 5.01. The second kappa shape index (κ2) is 5.46. The summed E-state index contributed by atoms with van der Waals surface area (Å²) in [6.45, 7) is 5.62. The highest BCUT2D eigenvalue weighted by atomic mass is 79.9. The average molecular weight is 285 g/mol. The van der Waals surface area contributed by atoms with Gasteiger partial charge in [-0.2, -0.15) is 0 Å². The van der Waals surface area contributed by atoms with Gasteiger partial charge in [-0.15, -0.1) is 0 Å². The van der Waals surface area contributed by atoms with E-state index in [0.29, 0.717) is 0 Å². The highest BCUT2D eigenvalue weighted by Gasteiger charge is 2.17. The van der Waals surface area contributed by atoms with Crippen LogP contribution < -0.4 is 11.1 Å². The Kier molecular flexibility index (Phi) is 4.50. The lowest BCUT2D eigenvalue weighted by Gasteiger charge is -2.16. The SMILES string of the molecule is Cc1ccc(Br)cc1NC(=O)C(C)C(C)N. The largest absolute Gasteiger partial charge is 0.327 e. The first kappa shape index (κ1) is 13.2. The Labute approximate surface area is 105 Å². The number of hydrogen-bond donors (Lipinski definition) is 2. The van der Waals surface area contributed by atoms with Gasteiger partial charge in [0.05, 0.1) is 5.92 Å². The van der Waals surface area contributed by atoms with E-state index in [9.17, 15) is 4.79 Å². The van der Waals surface area contributed by atoms with Crippen LogP contribution in [0.1, 0.15) is 19.4 Å². The van der Waals surface area contributed by atoms with E-state index in [1.165, 1.54) is 0 Å². The highest BCUT2D eigenvalue weighted by Crippen LogP contribution is 2.21. The summed E-state index contributed by atoms with van der Waals surface area (Å²) in [4.78, 5) is 11.8. The van der Waals surface area contributed by atoms with Gasteiger partial charge in [0.25, 0.3) is 0 Å². The molecular weight excluding hydrogens is 268 g/mol. The number of halogens is 1. The average Bonchev–Trinajstić information content (AvgIpc) is 2.22. The van der Waals surface area contributed by atoms with Crippen molar-refractivity contribution in [1.29, 1.82) is 0 Å². The van der Waals surface area contributed by atoms with E-state index in [0.717, 1.165) is 15.7 Å². The van der Waals surface area contributed by atoms with Crippen molar-refractivity contribution in [2.24, 2.45) is 11.7 Å². The quantitative estimate of drug-likeness (QED) is 0.897. The van der Waals surface area contributed by atoms with Crippen molar-refractivity contribution in [3.05, 3.63) is 28.2 Å². The van der Waals surface area contributed by atoms with Gasteiger partial charge >= 0.3 is 0 Å². The number of hydrogen-bond acceptors (Lipinski definition) is 2. The van der Waals surface area contributed by atoms with Crippen LogP contribution in [0.25, 0.3) is 0 Å². The number of anilines is 1. The predicted molar refractivity (Wildman–Crippen MR) is 70.3 cm³/mol. The molecule has 16 heavy (non-hydrogen) atoms. The topological polar surface area (TPSA) is 55.1 Å². The molecule has 0 spiro atoms. The third-order valence-electron chi connectivity index (χ3n) is 2.66. The predicted octanol–water partition coefficient (Wildman–Crippen LogP) is 2.68. The van der Waals surface area contributed by atoms with Crippen molar-refractivity contribution in [2.75, 3.05) is 5.32 Å². The molecule has 0 bridgehead atoms. The molecule has 4 heteroatoms. The third kappa shape index (κ3) is 3.32. The fourth-order valence-corrected chi connectivity index (χ4v) is 1.58. The minimum absolute atomic E-state index is 0.0452. The molecule has 0 aliphatic heterocycles. The van der Waals surface area contributed by atoms with Gasteiger partial charge in [-0.25, -0.2) is 0 Å². The van der Waals surface area contributed by atoms with Gasteiger partial charge in [0, 0.05) is 16.2 Å². The van der Waals surface area contributed by atoms with E-state index < -0.39 is 0 Å². The number of benzene rings is 1. The van der Waals surface area contributed by atoms with Gasteiger partial charge in [0.1, 0.15) is 0 Å². The molecule has 1 aromatic rings. The number of amides is 1. The Morgan fingerprint density at radius 2 is 2.06 bits per heavy atom. The maximum Gasteiger partial charge on any atom is 0.228 e. The molecule has 0 aromatic heterocycles. The van der Waals surface area contributed by atoms with Crippen LogP contribution in [0.15, 0.2) is 22.7 Å². The number of aryl methyl sites for hydroxylation is 1. The van der Waals surface area contributed by atoms with Crippen molar-refractivity contribution in [2.45, 2.75) is 26.8 Å². The van der Waals surface area contributed by atoms with Crippen molar-refractivity contribution in [1.82, 2.24) is 0 Å². The summed E-state index contributed by atoms with van der Waals surface area (Å²) in [5.74, 6) is -0.241. The fraction of sp³-hybridized carbons (Fsp3) is 0.417. The zero-order valence-corrected chi connectivity index (χ0v) is 11.3. The Morgan fingerprint density at radius 3 is 2.62 bits per heavy atom. The van der Waals surface area contributed by atoms with Crippen LogP contribution in [0, 0.1) is 12.8 Å². The smallest absolute Gasteiger partial charge is 0.228 e. The minimum atomic E-state index is -0.196. The summed E-state index contributed by atoms with van der Waals surface area (Å²) >= 11 is 3.38. The zero-order valence-electron chi connectivity index (χ0n) is 9.75. The maximum atomic E-state index is 11.8. The Bertz CT molecular complexity index is 391. The van der Waals surface area contributed by atoms with Gasteiger partial charge in [0.2, 0.25) is 5.91 Å². The molecule has 3 N–H and O–H groups in total. The van der Waals surface area contributed by atoms with E-state index in [1.807, 2.05) is 39.0 Å².